The SMILES string of the molecule is O=C(O)[C@H]1OC(ONc2ccc(-c3ccccc3)cc2)[C@H](O)[C@@H](O)[C@@H]1O. The third-order valence-corrected chi connectivity index (χ3v) is 4.10. The number of rotatable bonds is 5. The van der Waals surface area contributed by atoms with Crippen LogP contribution in [0.3, 0.4) is 0 Å². The van der Waals surface area contributed by atoms with Crippen molar-refractivity contribution in [1.82, 2.24) is 0 Å². The molecule has 8 nitrogen and oxygen atoms in total. The molecule has 0 bridgehead atoms. The number of anilines is 1. The van der Waals surface area contributed by atoms with Gasteiger partial charge >= 0.3 is 5.97 Å². The monoisotopic (exact) mass is 361 g/mol. The van der Waals surface area contributed by atoms with Crippen molar-refractivity contribution in [3.63, 3.8) is 0 Å². The molecule has 1 fully saturated rings. The van der Waals surface area contributed by atoms with Gasteiger partial charge in [-0.15, -0.1) is 0 Å². The first-order valence-electron chi connectivity index (χ1n) is 7.97. The third-order valence-electron chi connectivity index (χ3n) is 4.10. The highest BCUT2D eigenvalue weighted by molar-refractivity contribution is 5.73. The molecule has 1 heterocycles. The van der Waals surface area contributed by atoms with E-state index < -0.39 is 36.7 Å². The number of aliphatic hydroxyl groups is 3. The maximum atomic E-state index is 11.1. The van der Waals surface area contributed by atoms with E-state index in [0.717, 1.165) is 11.1 Å². The molecular formula is C18H19NO7. The first-order chi connectivity index (χ1) is 12.5. The van der Waals surface area contributed by atoms with Gasteiger partial charge in [-0.1, -0.05) is 42.5 Å². The van der Waals surface area contributed by atoms with Crippen molar-refractivity contribution in [2.45, 2.75) is 30.7 Å². The van der Waals surface area contributed by atoms with Crippen LogP contribution in [0.25, 0.3) is 11.1 Å². The van der Waals surface area contributed by atoms with Gasteiger partial charge in [-0.2, -0.15) is 0 Å². The van der Waals surface area contributed by atoms with Gasteiger partial charge in [0.1, 0.15) is 18.3 Å². The smallest absolute Gasteiger partial charge is 0.335 e. The first-order valence-corrected chi connectivity index (χ1v) is 7.97. The van der Waals surface area contributed by atoms with E-state index in [1.165, 1.54) is 0 Å². The van der Waals surface area contributed by atoms with Gasteiger partial charge in [0.2, 0.25) is 6.29 Å². The molecule has 0 radical (unpaired) electrons. The Morgan fingerprint density at radius 2 is 1.50 bits per heavy atom. The van der Waals surface area contributed by atoms with Crippen molar-refractivity contribution in [3.8, 4) is 11.1 Å². The lowest BCUT2D eigenvalue weighted by Crippen LogP contribution is -2.60. The van der Waals surface area contributed by atoms with Crippen molar-refractivity contribution < 1.29 is 34.8 Å². The van der Waals surface area contributed by atoms with Crippen LogP contribution in [0.2, 0.25) is 0 Å². The molecule has 2 aromatic rings. The standard InChI is InChI=1S/C18H19NO7/c20-13-14(21)16(17(23)24)25-18(15(13)22)26-19-12-8-6-11(7-9-12)10-4-2-1-3-5-10/h1-9,13-16,18-22H,(H,23,24)/t13-,14-,15+,16-,18?/m0/s1. The highest BCUT2D eigenvalue weighted by Gasteiger charge is 2.47. The quantitative estimate of drug-likeness (QED) is 0.490. The Morgan fingerprint density at radius 3 is 2.12 bits per heavy atom. The number of carboxylic acid groups (broad SMARTS) is 1. The first kappa shape index (κ1) is 18.3. The average Bonchev–Trinajstić information content (AvgIpc) is 2.66. The molecule has 3 rings (SSSR count). The van der Waals surface area contributed by atoms with Crippen molar-refractivity contribution in [1.29, 1.82) is 0 Å². The van der Waals surface area contributed by atoms with Crippen LogP contribution in [0.15, 0.2) is 54.6 Å². The molecule has 0 amide bonds. The summed E-state index contributed by atoms with van der Waals surface area (Å²) in [4.78, 5) is 16.2. The lowest BCUT2D eigenvalue weighted by atomic mass is 9.99. The highest BCUT2D eigenvalue weighted by atomic mass is 16.8. The molecule has 0 spiro atoms. The van der Waals surface area contributed by atoms with Gasteiger partial charge in [0, 0.05) is 0 Å². The molecule has 5 N–H and O–H groups in total. The Hall–Kier alpha value is -2.49. The molecule has 0 saturated carbocycles. The number of aliphatic carboxylic acids is 1. The van der Waals surface area contributed by atoms with E-state index in [9.17, 15) is 20.1 Å². The normalized spacial score (nSPS) is 28.5. The summed E-state index contributed by atoms with van der Waals surface area (Å²) in [6.45, 7) is 0. The van der Waals surface area contributed by atoms with Gasteiger partial charge in [-0.3, -0.25) is 5.48 Å². The van der Waals surface area contributed by atoms with E-state index in [2.05, 4.69) is 5.48 Å². The van der Waals surface area contributed by atoms with Crippen LogP contribution >= 0.6 is 0 Å². The number of hydrogen-bond acceptors (Lipinski definition) is 7. The summed E-state index contributed by atoms with van der Waals surface area (Å²) in [5, 5.41) is 38.3. The van der Waals surface area contributed by atoms with Crippen LogP contribution in [-0.2, 0) is 14.4 Å². The third kappa shape index (κ3) is 3.85. The second kappa shape index (κ2) is 7.81. The van der Waals surface area contributed by atoms with E-state index in [1.54, 1.807) is 12.1 Å². The Labute approximate surface area is 149 Å². The maximum absolute atomic E-state index is 11.1. The summed E-state index contributed by atoms with van der Waals surface area (Å²) < 4.78 is 5.01. The minimum atomic E-state index is -1.76. The van der Waals surface area contributed by atoms with Gasteiger partial charge in [-0.25, -0.2) is 9.63 Å². The minimum absolute atomic E-state index is 0.535. The molecule has 1 saturated heterocycles. The molecule has 0 aliphatic carbocycles. The van der Waals surface area contributed by atoms with Gasteiger partial charge in [0.05, 0.1) is 5.69 Å². The van der Waals surface area contributed by atoms with Crippen LogP contribution in [0.1, 0.15) is 0 Å². The Bertz CT molecular complexity index is 737. The maximum Gasteiger partial charge on any atom is 0.335 e. The van der Waals surface area contributed by atoms with Gasteiger partial charge in [0.15, 0.2) is 6.10 Å². The van der Waals surface area contributed by atoms with Gasteiger partial charge < -0.3 is 25.2 Å². The molecular weight excluding hydrogens is 342 g/mol. The van der Waals surface area contributed by atoms with Crippen molar-refractivity contribution >= 4 is 11.7 Å². The van der Waals surface area contributed by atoms with Gasteiger partial charge in [0.25, 0.3) is 0 Å². The van der Waals surface area contributed by atoms with Crippen LogP contribution in [0.4, 0.5) is 5.69 Å². The van der Waals surface area contributed by atoms with Crippen molar-refractivity contribution in [3.05, 3.63) is 54.6 Å². The van der Waals surface area contributed by atoms with Gasteiger partial charge in [-0.05, 0) is 23.3 Å². The molecule has 0 aromatic heterocycles. The topological polar surface area (TPSA) is 128 Å². The second-order valence-corrected chi connectivity index (χ2v) is 5.90. The highest BCUT2D eigenvalue weighted by Crippen LogP contribution is 2.24. The number of carboxylic acids is 1. The fraction of sp³-hybridized carbons (Fsp3) is 0.278. The fourth-order valence-electron chi connectivity index (χ4n) is 2.64. The largest absolute Gasteiger partial charge is 0.479 e. The molecule has 1 unspecified atom stereocenters. The Balaban J connectivity index is 1.64. The summed E-state index contributed by atoms with van der Waals surface area (Å²) in [5.74, 6) is -1.47. The van der Waals surface area contributed by atoms with E-state index >= 15 is 0 Å². The summed E-state index contributed by atoms with van der Waals surface area (Å²) in [7, 11) is 0. The zero-order valence-corrected chi connectivity index (χ0v) is 13.6. The number of hydrogen-bond donors (Lipinski definition) is 5. The predicted molar refractivity (Wildman–Crippen MR) is 90.9 cm³/mol. The molecule has 1 aliphatic heterocycles. The van der Waals surface area contributed by atoms with Crippen LogP contribution in [0.5, 0.6) is 0 Å². The van der Waals surface area contributed by atoms with Crippen molar-refractivity contribution in [2.24, 2.45) is 0 Å². The second-order valence-electron chi connectivity index (χ2n) is 5.90. The zero-order valence-electron chi connectivity index (χ0n) is 13.6. The molecule has 138 valence electrons. The van der Waals surface area contributed by atoms with Crippen LogP contribution < -0.4 is 5.48 Å². The van der Waals surface area contributed by atoms with Crippen LogP contribution in [0, 0.1) is 0 Å². The molecule has 8 heteroatoms. The number of carbonyl (C=O) groups is 1. The molecule has 5 atom stereocenters. The number of aliphatic hydroxyl groups excluding tert-OH is 3. The Kier molecular flexibility index (Phi) is 5.50. The van der Waals surface area contributed by atoms with E-state index in [1.807, 2.05) is 42.5 Å². The van der Waals surface area contributed by atoms with E-state index in [0.29, 0.717) is 5.69 Å². The summed E-state index contributed by atoms with van der Waals surface area (Å²) in [6.07, 6.45) is -8.26. The minimum Gasteiger partial charge on any atom is -0.479 e. The number of nitrogens with one attached hydrogen (secondary N) is 1. The Morgan fingerprint density at radius 1 is 0.885 bits per heavy atom. The van der Waals surface area contributed by atoms with Crippen LogP contribution in [-0.4, -0.2) is 57.1 Å². The van der Waals surface area contributed by atoms with Crippen molar-refractivity contribution in [2.75, 3.05) is 5.48 Å². The van der Waals surface area contributed by atoms with E-state index in [4.69, 9.17) is 14.7 Å². The summed E-state index contributed by atoms with van der Waals surface area (Å²) in [6, 6.07) is 16.9. The lowest BCUT2D eigenvalue weighted by Gasteiger charge is -2.38. The zero-order chi connectivity index (χ0) is 18.7. The summed E-state index contributed by atoms with van der Waals surface area (Å²) in [5.41, 5.74) is 5.13. The molecule has 1 aliphatic rings. The van der Waals surface area contributed by atoms with E-state index in [-0.39, 0.29) is 0 Å². The number of ether oxygens (including phenoxy) is 1. The average molecular weight is 361 g/mol. The fourth-order valence-corrected chi connectivity index (χ4v) is 2.64. The molecule has 26 heavy (non-hydrogen) atoms. The molecule has 2 aromatic carbocycles. The summed E-state index contributed by atoms with van der Waals surface area (Å²) >= 11 is 0. The predicted octanol–water partition coefficient (Wildman–Crippen LogP) is 0.589. The lowest BCUT2D eigenvalue weighted by molar-refractivity contribution is -0.287. The number of benzene rings is 2.